The molecular formula is C32H35N7O5. The summed E-state index contributed by atoms with van der Waals surface area (Å²) in [4.78, 5) is 54.9. The number of hydrogen-bond acceptors (Lipinski definition) is 9. The van der Waals surface area contributed by atoms with E-state index in [1.807, 2.05) is 24.3 Å². The Morgan fingerprint density at radius 3 is 2.36 bits per heavy atom. The van der Waals surface area contributed by atoms with Gasteiger partial charge in [-0.05, 0) is 56.3 Å². The summed E-state index contributed by atoms with van der Waals surface area (Å²) in [6.45, 7) is 2.92. The molecule has 4 heterocycles. The number of amides is 3. The third-order valence-corrected chi connectivity index (χ3v) is 8.38. The van der Waals surface area contributed by atoms with Gasteiger partial charge in [-0.25, -0.2) is 9.78 Å². The molecule has 2 aliphatic heterocycles. The Labute approximate surface area is 254 Å². The molecule has 6 rings (SSSR count). The van der Waals surface area contributed by atoms with Crippen LogP contribution in [-0.4, -0.2) is 78.7 Å². The molecule has 44 heavy (non-hydrogen) atoms. The maximum absolute atomic E-state index is 12.9. The largest absolute Gasteiger partial charge is 0.497 e. The number of nitrogens with zero attached hydrogens (tertiary/aromatic N) is 5. The third-order valence-electron chi connectivity index (χ3n) is 8.38. The molecule has 2 saturated heterocycles. The van der Waals surface area contributed by atoms with Gasteiger partial charge in [0.05, 0.1) is 37.3 Å². The molecule has 2 aromatic heterocycles. The smallest absolute Gasteiger partial charge is 0.328 e. The minimum absolute atomic E-state index is 0.250. The van der Waals surface area contributed by atoms with Gasteiger partial charge in [0, 0.05) is 62.0 Å². The number of urea groups is 1. The Bertz CT molecular complexity index is 1730. The summed E-state index contributed by atoms with van der Waals surface area (Å²) < 4.78 is 10.7. The second-order valence-corrected chi connectivity index (χ2v) is 11.1. The SMILES string of the molecule is COc1cc(OC)c2c(=O)[nH]c(-c3ccc(N4CCC(N(C)Cc5ccc(N6CCC(=O)NC6=O)cn5)CC4)cc3)nc2c1. The molecule has 0 spiro atoms. The van der Waals surface area contributed by atoms with Gasteiger partial charge in [0.2, 0.25) is 5.91 Å². The lowest BCUT2D eigenvalue weighted by Gasteiger charge is -2.38. The summed E-state index contributed by atoms with van der Waals surface area (Å²) >= 11 is 0. The number of imide groups is 1. The number of anilines is 2. The summed E-state index contributed by atoms with van der Waals surface area (Å²) in [5.41, 5.74) is 3.80. The number of fused-ring (bicyclic) bond motifs is 1. The van der Waals surface area contributed by atoms with Crippen LogP contribution in [0.15, 0.2) is 59.5 Å². The normalized spacial score (nSPS) is 16.0. The molecule has 12 heteroatoms. The van der Waals surface area contributed by atoms with E-state index in [1.165, 1.54) is 12.0 Å². The molecule has 0 aliphatic carbocycles. The first-order valence-electron chi connectivity index (χ1n) is 14.6. The number of rotatable bonds is 8. The van der Waals surface area contributed by atoms with Crippen molar-refractivity contribution in [1.29, 1.82) is 0 Å². The van der Waals surface area contributed by atoms with Gasteiger partial charge in [-0.15, -0.1) is 0 Å². The molecule has 228 valence electrons. The maximum Gasteiger partial charge on any atom is 0.328 e. The number of hydrogen-bond donors (Lipinski definition) is 2. The molecule has 0 unspecified atom stereocenters. The fourth-order valence-electron chi connectivity index (χ4n) is 5.89. The van der Waals surface area contributed by atoms with Crippen LogP contribution >= 0.6 is 0 Å². The minimum Gasteiger partial charge on any atom is -0.497 e. The molecule has 12 nitrogen and oxygen atoms in total. The second-order valence-electron chi connectivity index (χ2n) is 11.1. The van der Waals surface area contributed by atoms with Gasteiger partial charge in [0.15, 0.2) is 0 Å². The molecule has 3 amide bonds. The fourth-order valence-corrected chi connectivity index (χ4v) is 5.89. The fraction of sp³-hybridized carbons (Fsp3) is 0.344. The quantitative estimate of drug-likeness (QED) is 0.313. The Morgan fingerprint density at radius 1 is 0.955 bits per heavy atom. The lowest BCUT2D eigenvalue weighted by molar-refractivity contribution is -0.120. The highest BCUT2D eigenvalue weighted by atomic mass is 16.5. The van der Waals surface area contributed by atoms with Crippen molar-refractivity contribution in [2.45, 2.75) is 31.8 Å². The van der Waals surface area contributed by atoms with Crippen molar-refractivity contribution in [3.8, 4) is 22.9 Å². The minimum atomic E-state index is -0.406. The molecule has 4 aromatic rings. The van der Waals surface area contributed by atoms with Gasteiger partial charge < -0.3 is 19.4 Å². The van der Waals surface area contributed by atoms with Gasteiger partial charge in [0.1, 0.15) is 22.7 Å². The zero-order chi connectivity index (χ0) is 30.8. The molecule has 2 aliphatic rings. The highest BCUT2D eigenvalue weighted by Crippen LogP contribution is 2.30. The molecule has 2 aromatic carbocycles. The van der Waals surface area contributed by atoms with Gasteiger partial charge in [-0.1, -0.05) is 0 Å². The average Bonchev–Trinajstić information content (AvgIpc) is 3.04. The zero-order valence-electron chi connectivity index (χ0n) is 25.0. The second kappa shape index (κ2) is 12.3. The molecule has 2 N–H and O–H groups in total. The number of carbonyl (C=O) groups excluding carboxylic acids is 2. The lowest BCUT2D eigenvalue weighted by Crippen LogP contribution is -2.49. The van der Waals surface area contributed by atoms with Crippen molar-refractivity contribution < 1.29 is 19.1 Å². The highest BCUT2D eigenvalue weighted by Gasteiger charge is 2.26. The molecule has 0 radical (unpaired) electrons. The highest BCUT2D eigenvalue weighted by molar-refractivity contribution is 6.05. The number of nitrogens with one attached hydrogen (secondary N) is 2. The van der Waals surface area contributed by atoms with E-state index < -0.39 is 6.03 Å². The topological polar surface area (TPSA) is 133 Å². The third kappa shape index (κ3) is 5.93. The Balaban J connectivity index is 1.06. The van der Waals surface area contributed by atoms with Crippen molar-refractivity contribution in [2.24, 2.45) is 0 Å². The summed E-state index contributed by atoms with van der Waals surface area (Å²) in [6.07, 6.45) is 4.01. The first-order chi connectivity index (χ1) is 21.3. The maximum atomic E-state index is 12.9. The lowest BCUT2D eigenvalue weighted by atomic mass is 10.0. The Morgan fingerprint density at radius 2 is 1.70 bits per heavy atom. The molecule has 2 fully saturated rings. The monoisotopic (exact) mass is 597 g/mol. The number of aromatic nitrogens is 3. The van der Waals surface area contributed by atoms with Crippen molar-refractivity contribution >= 4 is 34.2 Å². The van der Waals surface area contributed by atoms with Crippen LogP contribution in [0.1, 0.15) is 25.0 Å². The number of pyridine rings is 1. The predicted octanol–water partition coefficient (Wildman–Crippen LogP) is 3.55. The molecule has 0 atom stereocenters. The summed E-state index contributed by atoms with van der Waals surface area (Å²) in [5.74, 6) is 1.22. The number of piperidine rings is 1. The zero-order valence-corrected chi connectivity index (χ0v) is 25.0. The number of benzene rings is 2. The van der Waals surface area contributed by atoms with Crippen LogP contribution in [0.25, 0.3) is 22.3 Å². The standard InChI is InChI=1S/C32H35N7O5/c1-37(19-21-6-9-24(18-33-21)39-15-12-28(40)35-32(39)42)22-10-13-38(14-11-22)23-7-4-20(5-8-23)30-34-26-16-25(43-2)17-27(44-3)29(26)31(41)36-30/h4-9,16-18,22H,10-15,19H2,1-3H3,(H,34,36,41)(H,35,40,42). The number of ether oxygens (including phenoxy) is 2. The molecule has 0 saturated carbocycles. The van der Waals surface area contributed by atoms with Crippen LogP contribution in [0.2, 0.25) is 0 Å². The first kappa shape index (κ1) is 29.1. The van der Waals surface area contributed by atoms with E-state index in [-0.39, 0.29) is 17.9 Å². The van der Waals surface area contributed by atoms with E-state index in [4.69, 9.17) is 14.5 Å². The van der Waals surface area contributed by atoms with E-state index in [9.17, 15) is 14.4 Å². The molecular weight excluding hydrogens is 562 g/mol. The van der Waals surface area contributed by atoms with Crippen LogP contribution in [0, 0.1) is 0 Å². The Hall–Kier alpha value is -4.97. The van der Waals surface area contributed by atoms with Crippen molar-refractivity contribution in [1.82, 2.24) is 25.2 Å². The van der Waals surface area contributed by atoms with E-state index in [0.29, 0.717) is 53.0 Å². The van der Waals surface area contributed by atoms with Gasteiger partial charge in [-0.2, -0.15) is 0 Å². The molecule has 0 bridgehead atoms. The van der Waals surface area contributed by atoms with Crippen LogP contribution in [0.5, 0.6) is 11.5 Å². The summed E-state index contributed by atoms with van der Waals surface area (Å²) in [5, 5.41) is 2.73. The van der Waals surface area contributed by atoms with Gasteiger partial charge >= 0.3 is 6.03 Å². The first-order valence-corrected chi connectivity index (χ1v) is 14.6. The van der Waals surface area contributed by atoms with Crippen molar-refractivity contribution in [3.05, 3.63) is 70.8 Å². The van der Waals surface area contributed by atoms with Crippen LogP contribution in [0.4, 0.5) is 16.2 Å². The number of H-pyrrole nitrogens is 1. The van der Waals surface area contributed by atoms with Crippen molar-refractivity contribution in [2.75, 3.05) is 50.7 Å². The number of carbonyl (C=O) groups is 2. The van der Waals surface area contributed by atoms with E-state index in [0.717, 1.165) is 42.9 Å². The number of methoxy groups -OCH3 is 2. The summed E-state index contributed by atoms with van der Waals surface area (Å²) in [7, 11) is 5.20. The van der Waals surface area contributed by atoms with E-state index in [1.54, 1.807) is 25.4 Å². The van der Waals surface area contributed by atoms with Crippen LogP contribution in [0.3, 0.4) is 0 Å². The van der Waals surface area contributed by atoms with E-state index in [2.05, 4.69) is 44.3 Å². The Kier molecular flexibility index (Phi) is 8.16. The van der Waals surface area contributed by atoms with Crippen molar-refractivity contribution in [3.63, 3.8) is 0 Å². The predicted molar refractivity (Wildman–Crippen MR) is 167 cm³/mol. The average molecular weight is 598 g/mol. The van der Waals surface area contributed by atoms with Crippen LogP contribution in [-0.2, 0) is 11.3 Å². The van der Waals surface area contributed by atoms with Gasteiger partial charge in [0.25, 0.3) is 5.56 Å². The summed E-state index contributed by atoms with van der Waals surface area (Å²) in [6, 6.07) is 15.4. The van der Waals surface area contributed by atoms with E-state index >= 15 is 0 Å². The van der Waals surface area contributed by atoms with Gasteiger partial charge in [-0.3, -0.25) is 29.7 Å². The number of aromatic amines is 1. The van der Waals surface area contributed by atoms with Crippen LogP contribution < -0.4 is 30.1 Å².